The van der Waals surface area contributed by atoms with Gasteiger partial charge in [0.25, 0.3) is 5.91 Å². The minimum Gasteiger partial charge on any atom is -0.378 e. The predicted molar refractivity (Wildman–Crippen MR) is 128 cm³/mol. The van der Waals surface area contributed by atoms with Crippen LogP contribution in [0.25, 0.3) is 11.1 Å². The fraction of sp³-hybridized carbons (Fsp3) is 0.250. The van der Waals surface area contributed by atoms with Crippen LogP contribution in [0.3, 0.4) is 0 Å². The quantitative estimate of drug-likeness (QED) is 0.618. The normalized spacial score (nSPS) is 16.2. The molecule has 8 heteroatoms. The maximum atomic E-state index is 13.2. The number of amides is 3. The minimum absolute atomic E-state index is 0.116. The van der Waals surface area contributed by atoms with E-state index in [9.17, 15) is 9.59 Å². The topological polar surface area (TPSA) is 73.9 Å². The van der Waals surface area contributed by atoms with Crippen LogP contribution in [0.2, 0.25) is 0 Å². The number of anilines is 3. The Kier molecular flexibility index (Phi) is 5.79. The summed E-state index contributed by atoms with van der Waals surface area (Å²) in [7, 11) is 0. The number of hydrogen-bond acceptors (Lipinski definition) is 5. The number of ether oxygens (including phenoxy) is 1. The van der Waals surface area contributed by atoms with Crippen LogP contribution in [0.15, 0.2) is 60.7 Å². The molecule has 0 aliphatic carbocycles. The van der Waals surface area contributed by atoms with E-state index in [1.165, 1.54) is 11.3 Å². The van der Waals surface area contributed by atoms with E-state index in [0.29, 0.717) is 36.9 Å². The summed E-state index contributed by atoms with van der Waals surface area (Å²) in [6, 6.07) is 19.4. The standard InChI is InChI=1S/C24H24N4O3S/c29-22(26-18-7-4-8-19(15-18)28-10-9-25-24(28)30)21-16-20(17-5-2-1-3-6-17)23(32-21)27-11-13-31-14-12-27/h1-8,15-16H,9-14H2,(H,25,30)(H,26,29). The molecule has 1 aromatic heterocycles. The lowest BCUT2D eigenvalue weighted by Crippen LogP contribution is -2.35. The number of thiophene rings is 1. The average Bonchev–Trinajstić information content (AvgIpc) is 3.47. The zero-order valence-corrected chi connectivity index (χ0v) is 18.4. The number of benzene rings is 2. The fourth-order valence-electron chi connectivity index (χ4n) is 3.98. The molecular formula is C24H24N4O3S. The third-order valence-electron chi connectivity index (χ3n) is 5.59. The van der Waals surface area contributed by atoms with Gasteiger partial charge in [0.1, 0.15) is 0 Å². The second kappa shape index (κ2) is 9.02. The van der Waals surface area contributed by atoms with E-state index in [2.05, 4.69) is 27.7 Å². The van der Waals surface area contributed by atoms with Crippen LogP contribution in [0.4, 0.5) is 21.2 Å². The van der Waals surface area contributed by atoms with Crippen LogP contribution in [0.1, 0.15) is 9.67 Å². The van der Waals surface area contributed by atoms with Gasteiger partial charge in [0.15, 0.2) is 0 Å². The van der Waals surface area contributed by atoms with Gasteiger partial charge in [-0.1, -0.05) is 36.4 Å². The molecule has 2 aromatic carbocycles. The molecule has 3 amide bonds. The Labute approximate surface area is 190 Å². The Morgan fingerprint density at radius 3 is 2.56 bits per heavy atom. The SMILES string of the molecule is O=C(Nc1cccc(N2CCNC2=O)c1)c1cc(-c2ccccc2)c(N2CCOCC2)s1. The summed E-state index contributed by atoms with van der Waals surface area (Å²) >= 11 is 1.50. The molecule has 0 bridgehead atoms. The third-order valence-corrected chi connectivity index (χ3v) is 6.79. The Morgan fingerprint density at radius 1 is 1.00 bits per heavy atom. The highest BCUT2D eigenvalue weighted by molar-refractivity contribution is 7.18. The van der Waals surface area contributed by atoms with Crippen molar-refractivity contribution in [1.82, 2.24) is 5.32 Å². The highest BCUT2D eigenvalue weighted by Gasteiger charge is 2.23. The highest BCUT2D eigenvalue weighted by Crippen LogP contribution is 2.39. The smallest absolute Gasteiger partial charge is 0.321 e. The van der Waals surface area contributed by atoms with Crippen LogP contribution in [-0.2, 0) is 4.74 Å². The lowest BCUT2D eigenvalue weighted by molar-refractivity contribution is 0.103. The number of carbonyl (C=O) groups is 2. The minimum atomic E-state index is -0.158. The first kappa shape index (κ1) is 20.5. The number of rotatable bonds is 5. The van der Waals surface area contributed by atoms with Gasteiger partial charge in [0.2, 0.25) is 0 Å². The van der Waals surface area contributed by atoms with Gasteiger partial charge in [-0.25, -0.2) is 4.79 Å². The molecule has 0 atom stereocenters. The molecule has 0 unspecified atom stereocenters. The fourth-order valence-corrected chi connectivity index (χ4v) is 5.11. The van der Waals surface area contributed by atoms with Crippen LogP contribution in [-0.4, -0.2) is 51.3 Å². The van der Waals surface area contributed by atoms with Crippen molar-refractivity contribution in [1.29, 1.82) is 0 Å². The summed E-state index contributed by atoms with van der Waals surface area (Å²) in [5.41, 5.74) is 3.58. The number of urea groups is 1. The van der Waals surface area contributed by atoms with Gasteiger partial charge in [-0.05, 0) is 29.8 Å². The number of nitrogens with zero attached hydrogens (tertiary/aromatic N) is 2. The summed E-state index contributed by atoms with van der Waals surface area (Å²) in [6.45, 7) is 4.22. The Bertz CT molecular complexity index is 1130. The van der Waals surface area contributed by atoms with E-state index in [4.69, 9.17) is 4.74 Å². The van der Waals surface area contributed by atoms with Gasteiger partial charge in [-0.3, -0.25) is 9.69 Å². The van der Waals surface area contributed by atoms with E-state index >= 15 is 0 Å². The van der Waals surface area contributed by atoms with Crippen molar-refractivity contribution in [2.24, 2.45) is 0 Å². The molecule has 3 heterocycles. The van der Waals surface area contributed by atoms with Crippen LogP contribution in [0.5, 0.6) is 0 Å². The lowest BCUT2D eigenvalue weighted by Gasteiger charge is -2.28. The molecule has 2 fully saturated rings. The maximum Gasteiger partial charge on any atom is 0.321 e. The number of hydrogen-bond donors (Lipinski definition) is 2. The molecule has 2 N–H and O–H groups in total. The van der Waals surface area contributed by atoms with E-state index in [1.807, 2.05) is 48.5 Å². The molecular weight excluding hydrogens is 424 g/mol. The summed E-state index contributed by atoms with van der Waals surface area (Å²) in [5, 5.41) is 6.89. The third kappa shape index (κ3) is 4.19. The first-order valence-corrected chi connectivity index (χ1v) is 11.5. The molecule has 7 nitrogen and oxygen atoms in total. The van der Waals surface area contributed by atoms with Gasteiger partial charge < -0.3 is 20.3 Å². The molecule has 5 rings (SSSR count). The Hall–Kier alpha value is -3.36. The highest BCUT2D eigenvalue weighted by atomic mass is 32.1. The van der Waals surface area contributed by atoms with Crippen molar-refractivity contribution >= 4 is 39.7 Å². The van der Waals surface area contributed by atoms with Crippen molar-refractivity contribution in [3.63, 3.8) is 0 Å². The molecule has 0 spiro atoms. The van der Waals surface area contributed by atoms with E-state index in [0.717, 1.165) is 34.9 Å². The van der Waals surface area contributed by atoms with Gasteiger partial charge in [0, 0.05) is 43.1 Å². The van der Waals surface area contributed by atoms with Crippen molar-refractivity contribution < 1.29 is 14.3 Å². The van der Waals surface area contributed by atoms with Gasteiger partial charge in [0.05, 0.1) is 23.1 Å². The average molecular weight is 449 g/mol. The Balaban J connectivity index is 1.41. The molecule has 3 aromatic rings. The Morgan fingerprint density at radius 2 is 1.81 bits per heavy atom. The van der Waals surface area contributed by atoms with E-state index < -0.39 is 0 Å². The molecule has 0 radical (unpaired) electrons. The summed E-state index contributed by atoms with van der Waals surface area (Å²) < 4.78 is 5.51. The molecule has 2 saturated heterocycles. The lowest BCUT2D eigenvalue weighted by atomic mass is 10.1. The monoisotopic (exact) mass is 448 g/mol. The number of carbonyl (C=O) groups excluding carboxylic acids is 2. The molecule has 32 heavy (non-hydrogen) atoms. The van der Waals surface area contributed by atoms with E-state index in [-0.39, 0.29) is 11.9 Å². The summed E-state index contributed by atoms with van der Waals surface area (Å²) in [5.74, 6) is -0.158. The first-order valence-electron chi connectivity index (χ1n) is 10.7. The number of nitrogens with one attached hydrogen (secondary N) is 2. The largest absolute Gasteiger partial charge is 0.378 e. The molecule has 2 aliphatic heterocycles. The molecule has 2 aliphatic rings. The van der Waals surface area contributed by atoms with Gasteiger partial charge in [-0.2, -0.15) is 0 Å². The second-order valence-corrected chi connectivity index (χ2v) is 8.71. The second-order valence-electron chi connectivity index (χ2n) is 7.68. The van der Waals surface area contributed by atoms with Crippen LogP contribution in [0, 0.1) is 0 Å². The van der Waals surface area contributed by atoms with Crippen molar-refractivity contribution in [2.45, 2.75) is 0 Å². The van der Waals surface area contributed by atoms with Crippen LogP contribution >= 0.6 is 11.3 Å². The van der Waals surface area contributed by atoms with Gasteiger partial charge >= 0.3 is 6.03 Å². The van der Waals surface area contributed by atoms with E-state index in [1.54, 1.807) is 4.90 Å². The molecule has 164 valence electrons. The van der Waals surface area contributed by atoms with Crippen molar-refractivity contribution in [3.8, 4) is 11.1 Å². The van der Waals surface area contributed by atoms with Crippen molar-refractivity contribution in [3.05, 3.63) is 65.5 Å². The predicted octanol–water partition coefficient (Wildman–Crippen LogP) is 4.03. The zero-order chi connectivity index (χ0) is 21.9. The summed E-state index contributed by atoms with van der Waals surface area (Å²) in [4.78, 5) is 29.7. The van der Waals surface area contributed by atoms with Crippen LogP contribution < -0.4 is 20.4 Å². The summed E-state index contributed by atoms with van der Waals surface area (Å²) in [6.07, 6.45) is 0. The zero-order valence-electron chi connectivity index (χ0n) is 17.5. The number of morpholine rings is 1. The molecule has 0 saturated carbocycles. The maximum absolute atomic E-state index is 13.2. The van der Waals surface area contributed by atoms with Crippen molar-refractivity contribution in [2.75, 3.05) is 54.5 Å². The van der Waals surface area contributed by atoms with Gasteiger partial charge in [-0.15, -0.1) is 11.3 Å². The first-order chi connectivity index (χ1) is 15.7.